The minimum absolute atomic E-state index is 0.0703. The van der Waals surface area contributed by atoms with Crippen molar-refractivity contribution in [3.63, 3.8) is 0 Å². The summed E-state index contributed by atoms with van der Waals surface area (Å²) < 4.78 is 0.886. The summed E-state index contributed by atoms with van der Waals surface area (Å²) >= 11 is 3.37. The molecule has 0 aromatic heterocycles. The molecule has 0 aliphatic rings. The van der Waals surface area contributed by atoms with Crippen LogP contribution in [0.1, 0.15) is 21.5 Å². The highest BCUT2D eigenvalue weighted by atomic mass is 79.9. The number of halogens is 1. The van der Waals surface area contributed by atoms with E-state index in [1.54, 1.807) is 12.1 Å². The van der Waals surface area contributed by atoms with Crippen molar-refractivity contribution in [1.29, 1.82) is 0 Å². The Hall–Kier alpha value is -2.14. The van der Waals surface area contributed by atoms with Crippen LogP contribution in [-0.4, -0.2) is 18.4 Å². The van der Waals surface area contributed by atoms with Crippen LogP contribution in [0.2, 0.25) is 0 Å². The predicted molar refractivity (Wildman–Crippen MR) is 91.0 cm³/mol. The molecule has 114 valence electrons. The van der Waals surface area contributed by atoms with Gasteiger partial charge in [-0.3, -0.25) is 9.59 Å². The van der Waals surface area contributed by atoms with Gasteiger partial charge in [-0.15, -0.1) is 0 Å². The van der Waals surface area contributed by atoms with Crippen LogP contribution in [0.4, 0.5) is 5.69 Å². The molecule has 0 unspecified atom stereocenters. The molecule has 0 aliphatic heterocycles. The SMILES string of the molecule is Cc1ccc(Br)cc1NC(=O)CNC(=O)c1ccccc1C. The maximum absolute atomic E-state index is 12.0. The third-order valence-corrected chi connectivity index (χ3v) is 3.77. The third kappa shape index (κ3) is 4.18. The molecule has 2 rings (SSSR count). The van der Waals surface area contributed by atoms with Crippen LogP contribution in [0.25, 0.3) is 0 Å². The zero-order valence-corrected chi connectivity index (χ0v) is 14.0. The molecule has 0 aliphatic carbocycles. The van der Waals surface area contributed by atoms with Gasteiger partial charge in [0.2, 0.25) is 5.91 Å². The lowest BCUT2D eigenvalue weighted by atomic mass is 10.1. The van der Waals surface area contributed by atoms with E-state index >= 15 is 0 Å². The standard InChI is InChI=1S/C17H17BrN2O2/c1-11-5-3-4-6-14(11)17(22)19-10-16(21)20-15-9-13(18)8-7-12(15)2/h3-9H,10H2,1-2H3,(H,19,22)(H,20,21). The van der Waals surface area contributed by atoms with Crippen LogP contribution >= 0.6 is 15.9 Å². The predicted octanol–water partition coefficient (Wildman–Crippen LogP) is 3.43. The number of aryl methyl sites for hydroxylation is 2. The van der Waals surface area contributed by atoms with Crippen LogP contribution in [0.15, 0.2) is 46.9 Å². The fraction of sp³-hybridized carbons (Fsp3) is 0.176. The Kier molecular flexibility index (Phi) is 5.33. The first-order chi connectivity index (χ1) is 10.5. The monoisotopic (exact) mass is 360 g/mol. The molecule has 2 N–H and O–H groups in total. The summed E-state index contributed by atoms with van der Waals surface area (Å²) in [4.78, 5) is 24.0. The molecule has 0 radical (unpaired) electrons. The molecule has 0 atom stereocenters. The quantitative estimate of drug-likeness (QED) is 0.877. The first-order valence-electron chi connectivity index (χ1n) is 6.87. The lowest BCUT2D eigenvalue weighted by molar-refractivity contribution is -0.115. The van der Waals surface area contributed by atoms with Gasteiger partial charge in [0, 0.05) is 15.7 Å². The number of anilines is 1. The third-order valence-electron chi connectivity index (χ3n) is 3.27. The molecule has 22 heavy (non-hydrogen) atoms. The number of carbonyl (C=O) groups excluding carboxylic acids is 2. The first-order valence-corrected chi connectivity index (χ1v) is 7.66. The van der Waals surface area contributed by atoms with E-state index in [1.165, 1.54) is 0 Å². The van der Waals surface area contributed by atoms with Crippen molar-refractivity contribution in [2.45, 2.75) is 13.8 Å². The van der Waals surface area contributed by atoms with E-state index in [0.717, 1.165) is 21.3 Å². The zero-order valence-electron chi connectivity index (χ0n) is 12.4. The second kappa shape index (κ2) is 7.22. The minimum Gasteiger partial charge on any atom is -0.343 e. The van der Waals surface area contributed by atoms with Crippen LogP contribution in [0.3, 0.4) is 0 Å². The van der Waals surface area contributed by atoms with Gasteiger partial charge in [-0.2, -0.15) is 0 Å². The lowest BCUT2D eigenvalue weighted by Crippen LogP contribution is -2.33. The van der Waals surface area contributed by atoms with Gasteiger partial charge in [0.1, 0.15) is 0 Å². The van der Waals surface area contributed by atoms with Crippen molar-refractivity contribution < 1.29 is 9.59 Å². The summed E-state index contributed by atoms with van der Waals surface area (Å²) in [6, 6.07) is 12.9. The minimum atomic E-state index is -0.261. The van der Waals surface area contributed by atoms with Gasteiger partial charge in [0.15, 0.2) is 0 Å². The number of nitrogens with one attached hydrogen (secondary N) is 2. The molecule has 0 fully saturated rings. The summed E-state index contributed by atoms with van der Waals surface area (Å²) in [6.07, 6.45) is 0. The number of hydrogen-bond acceptors (Lipinski definition) is 2. The van der Waals surface area contributed by atoms with Crippen LogP contribution in [-0.2, 0) is 4.79 Å². The highest BCUT2D eigenvalue weighted by Crippen LogP contribution is 2.20. The van der Waals surface area contributed by atoms with E-state index in [1.807, 2.05) is 44.2 Å². The Balaban J connectivity index is 1.94. The van der Waals surface area contributed by atoms with Gasteiger partial charge in [0.25, 0.3) is 5.91 Å². The Morgan fingerprint density at radius 2 is 1.77 bits per heavy atom. The number of amides is 2. The number of rotatable bonds is 4. The Labute approximate surface area is 138 Å². The number of carbonyl (C=O) groups is 2. The fourth-order valence-corrected chi connectivity index (χ4v) is 2.37. The topological polar surface area (TPSA) is 58.2 Å². The second-order valence-electron chi connectivity index (χ2n) is 5.01. The first kappa shape index (κ1) is 16.2. The van der Waals surface area contributed by atoms with Crippen molar-refractivity contribution in [3.05, 3.63) is 63.6 Å². The molecule has 0 bridgehead atoms. The Morgan fingerprint density at radius 1 is 1.05 bits per heavy atom. The molecule has 0 saturated heterocycles. The highest BCUT2D eigenvalue weighted by molar-refractivity contribution is 9.10. The average Bonchev–Trinajstić information content (AvgIpc) is 2.49. The number of benzene rings is 2. The molecular formula is C17H17BrN2O2. The largest absolute Gasteiger partial charge is 0.343 e. The van der Waals surface area contributed by atoms with Gasteiger partial charge >= 0.3 is 0 Å². The summed E-state index contributed by atoms with van der Waals surface area (Å²) in [5.74, 6) is -0.512. The molecular weight excluding hydrogens is 344 g/mol. The van der Waals surface area contributed by atoms with Crippen molar-refractivity contribution >= 4 is 33.4 Å². The van der Waals surface area contributed by atoms with Gasteiger partial charge < -0.3 is 10.6 Å². The maximum atomic E-state index is 12.0. The maximum Gasteiger partial charge on any atom is 0.251 e. The Morgan fingerprint density at radius 3 is 2.50 bits per heavy atom. The molecule has 2 aromatic carbocycles. The van der Waals surface area contributed by atoms with Crippen LogP contribution in [0.5, 0.6) is 0 Å². The highest BCUT2D eigenvalue weighted by Gasteiger charge is 2.10. The fourth-order valence-electron chi connectivity index (χ4n) is 2.01. The Bertz CT molecular complexity index is 714. The van der Waals surface area contributed by atoms with Gasteiger partial charge in [-0.1, -0.05) is 40.2 Å². The summed E-state index contributed by atoms with van der Waals surface area (Å²) in [6.45, 7) is 3.70. The molecule has 0 spiro atoms. The van der Waals surface area contributed by atoms with Gasteiger partial charge in [-0.25, -0.2) is 0 Å². The smallest absolute Gasteiger partial charge is 0.251 e. The van der Waals surface area contributed by atoms with E-state index in [-0.39, 0.29) is 18.4 Å². The van der Waals surface area contributed by atoms with Crippen molar-refractivity contribution in [2.75, 3.05) is 11.9 Å². The van der Waals surface area contributed by atoms with Crippen molar-refractivity contribution in [2.24, 2.45) is 0 Å². The average molecular weight is 361 g/mol. The van der Waals surface area contributed by atoms with Crippen LogP contribution in [0, 0.1) is 13.8 Å². The van der Waals surface area contributed by atoms with E-state index in [2.05, 4.69) is 26.6 Å². The van der Waals surface area contributed by atoms with Crippen molar-refractivity contribution in [3.8, 4) is 0 Å². The molecule has 4 nitrogen and oxygen atoms in total. The van der Waals surface area contributed by atoms with E-state index < -0.39 is 0 Å². The van der Waals surface area contributed by atoms with E-state index in [4.69, 9.17) is 0 Å². The molecule has 2 aromatic rings. The van der Waals surface area contributed by atoms with E-state index in [9.17, 15) is 9.59 Å². The molecule has 0 saturated carbocycles. The molecule has 0 heterocycles. The van der Waals surface area contributed by atoms with Gasteiger partial charge in [-0.05, 0) is 43.2 Å². The number of hydrogen-bond donors (Lipinski definition) is 2. The van der Waals surface area contributed by atoms with Gasteiger partial charge in [0.05, 0.1) is 6.54 Å². The zero-order chi connectivity index (χ0) is 16.1. The lowest BCUT2D eigenvalue weighted by Gasteiger charge is -2.10. The second-order valence-corrected chi connectivity index (χ2v) is 5.92. The summed E-state index contributed by atoms with van der Waals surface area (Å²) in [5.41, 5.74) is 3.14. The normalized spacial score (nSPS) is 10.1. The molecule has 2 amide bonds. The van der Waals surface area contributed by atoms with Crippen LogP contribution < -0.4 is 10.6 Å². The molecule has 5 heteroatoms. The summed E-state index contributed by atoms with van der Waals surface area (Å²) in [7, 11) is 0. The summed E-state index contributed by atoms with van der Waals surface area (Å²) in [5, 5.41) is 5.42. The van der Waals surface area contributed by atoms with Crippen molar-refractivity contribution in [1.82, 2.24) is 5.32 Å². The van der Waals surface area contributed by atoms with E-state index in [0.29, 0.717) is 5.56 Å².